The minimum absolute atomic E-state index is 0.0208. The molecule has 0 bridgehead atoms. The summed E-state index contributed by atoms with van der Waals surface area (Å²) in [5.74, 6) is 0.873. The molecule has 124 valence electrons. The van der Waals surface area contributed by atoms with Crippen LogP contribution in [0.4, 0.5) is 5.82 Å². The highest BCUT2D eigenvalue weighted by molar-refractivity contribution is 7.19. The van der Waals surface area contributed by atoms with Gasteiger partial charge in [-0.05, 0) is 42.7 Å². The molecule has 0 saturated carbocycles. The van der Waals surface area contributed by atoms with Crippen molar-refractivity contribution in [3.8, 4) is 0 Å². The predicted octanol–water partition coefficient (Wildman–Crippen LogP) is 3.47. The van der Waals surface area contributed by atoms with Crippen LogP contribution in [0.1, 0.15) is 33.0 Å². The van der Waals surface area contributed by atoms with Gasteiger partial charge in [-0.1, -0.05) is 6.07 Å². The molecule has 3 aromatic rings. The molecule has 2 N–H and O–H groups in total. The lowest BCUT2D eigenvalue weighted by Crippen LogP contribution is -2.28. The van der Waals surface area contributed by atoms with E-state index in [9.17, 15) is 4.79 Å². The molecular weight excluding hydrogens is 340 g/mol. The van der Waals surface area contributed by atoms with E-state index in [-0.39, 0.29) is 5.91 Å². The number of nitrogens with zero attached hydrogens (tertiary/aromatic N) is 2. The van der Waals surface area contributed by atoms with Crippen molar-refractivity contribution in [2.24, 2.45) is 0 Å². The van der Waals surface area contributed by atoms with Gasteiger partial charge in [0.05, 0.1) is 10.3 Å². The number of aromatic nitrogens is 2. The van der Waals surface area contributed by atoms with E-state index in [1.165, 1.54) is 40.0 Å². The Balaban J connectivity index is 1.43. The van der Waals surface area contributed by atoms with Gasteiger partial charge in [0.2, 0.25) is 0 Å². The number of carbonyl (C=O) groups excluding carboxylic acids is 1. The Morgan fingerprint density at radius 3 is 3.00 bits per heavy atom. The van der Waals surface area contributed by atoms with Gasteiger partial charge in [-0.3, -0.25) is 4.79 Å². The number of thiophene rings is 2. The second-order valence-corrected chi connectivity index (χ2v) is 7.80. The molecule has 1 aliphatic rings. The van der Waals surface area contributed by atoms with E-state index in [4.69, 9.17) is 0 Å². The Morgan fingerprint density at radius 2 is 2.12 bits per heavy atom. The van der Waals surface area contributed by atoms with Crippen LogP contribution in [-0.2, 0) is 12.8 Å². The minimum Gasteiger partial charge on any atom is -0.368 e. The average molecular weight is 358 g/mol. The van der Waals surface area contributed by atoms with Gasteiger partial charge in [0.25, 0.3) is 5.91 Å². The highest BCUT2D eigenvalue weighted by atomic mass is 32.1. The number of aryl methyl sites for hydroxylation is 2. The molecule has 7 heteroatoms. The zero-order valence-electron chi connectivity index (χ0n) is 13.2. The normalized spacial score (nSPS) is 13.7. The van der Waals surface area contributed by atoms with Crippen LogP contribution >= 0.6 is 22.7 Å². The van der Waals surface area contributed by atoms with Crippen molar-refractivity contribution < 1.29 is 4.79 Å². The van der Waals surface area contributed by atoms with Gasteiger partial charge in [0.1, 0.15) is 17.0 Å². The van der Waals surface area contributed by atoms with E-state index in [0.717, 1.165) is 28.4 Å². The lowest BCUT2D eigenvalue weighted by Gasteiger charge is -2.12. The van der Waals surface area contributed by atoms with Gasteiger partial charge in [-0.25, -0.2) is 9.97 Å². The molecule has 5 nitrogen and oxygen atoms in total. The van der Waals surface area contributed by atoms with Gasteiger partial charge in [0.15, 0.2) is 0 Å². The molecule has 1 amide bonds. The Bertz CT molecular complexity index is 857. The standard InChI is InChI=1S/C17H18N4OS2/c22-16(13-6-3-9-23-13)19-8-7-18-15-14-11-4-1-2-5-12(11)24-17(14)21-10-20-15/h3,6,9-10H,1-2,4-5,7-8H2,(H,19,22)(H,18,20,21). The summed E-state index contributed by atoms with van der Waals surface area (Å²) in [4.78, 5) is 24.1. The SMILES string of the molecule is O=C(NCCNc1ncnc2sc3c(c12)CCCC3)c1cccs1. The monoisotopic (exact) mass is 358 g/mol. The molecule has 24 heavy (non-hydrogen) atoms. The van der Waals surface area contributed by atoms with Gasteiger partial charge in [-0.2, -0.15) is 0 Å². The molecule has 0 spiro atoms. The largest absolute Gasteiger partial charge is 0.368 e. The van der Waals surface area contributed by atoms with Crippen LogP contribution in [0, 0.1) is 0 Å². The molecule has 0 atom stereocenters. The first kappa shape index (κ1) is 15.5. The Labute approximate surface area is 148 Å². The first-order valence-corrected chi connectivity index (χ1v) is 9.83. The zero-order valence-corrected chi connectivity index (χ0v) is 14.8. The second kappa shape index (κ2) is 6.86. The van der Waals surface area contributed by atoms with Crippen molar-refractivity contribution in [1.29, 1.82) is 0 Å². The molecule has 0 aliphatic heterocycles. The Morgan fingerprint density at radius 1 is 1.21 bits per heavy atom. The van der Waals surface area contributed by atoms with Gasteiger partial charge in [0, 0.05) is 18.0 Å². The lowest BCUT2D eigenvalue weighted by atomic mass is 9.97. The smallest absolute Gasteiger partial charge is 0.261 e. The molecule has 4 rings (SSSR count). The van der Waals surface area contributed by atoms with Crippen molar-refractivity contribution in [1.82, 2.24) is 15.3 Å². The average Bonchev–Trinajstić information content (AvgIpc) is 3.26. The first-order chi connectivity index (χ1) is 11.8. The summed E-state index contributed by atoms with van der Waals surface area (Å²) in [7, 11) is 0. The Hall–Kier alpha value is -1.99. The topological polar surface area (TPSA) is 66.9 Å². The number of amides is 1. The fourth-order valence-corrected chi connectivity index (χ4v) is 4.95. The van der Waals surface area contributed by atoms with Crippen LogP contribution in [0.5, 0.6) is 0 Å². The van der Waals surface area contributed by atoms with Gasteiger partial charge in [-0.15, -0.1) is 22.7 Å². The van der Waals surface area contributed by atoms with Crippen molar-refractivity contribution in [3.63, 3.8) is 0 Å². The first-order valence-electron chi connectivity index (χ1n) is 8.14. The third-order valence-corrected chi connectivity index (χ3v) is 6.27. The number of hydrogen-bond donors (Lipinski definition) is 2. The zero-order chi connectivity index (χ0) is 16.4. The van der Waals surface area contributed by atoms with Crippen LogP contribution in [0.25, 0.3) is 10.2 Å². The van der Waals surface area contributed by atoms with Crippen molar-refractivity contribution >= 4 is 44.6 Å². The van der Waals surface area contributed by atoms with E-state index in [1.54, 1.807) is 17.7 Å². The van der Waals surface area contributed by atoms with Gasteiger partial charge >= 0.3 is 0 Å². The van der Waals surface area contributed by atoms with E-state index in [2.05, 4.69) is 20.6 Å². The van der Waals surface area contributed by atoms with Crippen LogP contribution < -0.4 is 10.6 Å². The van der Waals surface area contributed by atoms with Crippen molar-refractivity contribution in [2.45, 2.75) is 25.7 Å². The van der Waals surface area contributed by atoms with Crippen molar-refractivity contribution in [2.75, 3.05) is 18.4 Å². The van der Waals surface area contributed by atoms with Crippen LogP contribution in [0.3, 0.4) is 0 Å². The number of fused-ring (bicyclic) bond motifs is 3. The lowest BCUT2D eigenvalue weighted by molar-refractivity contribution is 0.0959. The summed E-state index contributed by atoms with van der Waals surface area (Å²) in [6.07, 6.45) is 6.41. The number of hydrogen-bond acceptors (Lipinski definition) is 6. The maximum absolute atomic E-state index is 11.9. The summed E-state index contributed by atoms with van der Waals surface area (Å²) >= 11 is 3.25. The number of anilines is 1. The van der Waals surface area contributed by atoms with E-state index in [1.807, 2.05) is 17.5 Å². The summed E-state index contributed by atoms with van der Waals surface area (Å²) in [6.45, 7) is 1.21. The molecule has 0 fully saturated rings. The summed E-state index contributed by atoms with van der Waals surface area (Å²) < 4.78 is 0. The summed E-state index contributed by atoms with van der Waals surface area (Å²) in [5.41, 5.74) is 1.42. The maximum Gasteiger partial charge on any atom is 0.261 e. The number of rotatable bonds is 5. The van der Waals surface area contributed by atoms with Crippen LogP contribution in [-0.4, -0.2) is 29.0 Å². The van der Waals surface area contributed by atoms with Gasteiger partial charge < -0.3 is 10.6 Å². The summed E-state index contributed by atoms with van der Waals surface area (Å²) in [6, 6.07) is 3.72. The Kier molecular flexibility index (Phi) is 4.44. The third-order valence-electron chi connectivity index (χ3n) is 4.20. The minimum atomic E-state index is -0.0208. The van der Waals surface area contributed by atoms with E-state index >= 15 is 0 Å². The quantitative estimate of drug-likeness (QED) is 0.685. The highest BCUT2D eigenvalue weighted by Gasteiger charge is 2.19. The maximum atomic E-state index is 11.9. The number of nitrogens with one attached hydrogen (secondary N) is 2. The molecule has 1 aliphatic carbocycles. The van der Waals surface area contributed by atoms with Crippen LogP contribution in [0.2, 0.25) is 0 Å². The molecule has 3 aromatic heterocycles. The molecule has 0 unspecified atom stereocenters. The molecular formula is C17H18N4OS2. The van der Waals surface area contributed by atoms with Crippen LogP contribution in [0.15, 0.2) is 23.8 Å². The van der Waals surface area contributed by atoms with E-state index in [0.29, 0.717) is 13.1 Å². The number of carbonyl (C=O) groups is 1. The second-order valence-electron chi connectivity index (χ2n) is 5.77. The molecule has 3 heterocycles. The fourth-order valence-electron chi connectivity index (χ4n) is 3.08. The third kappa shape index (κ3) is 3.01. The molecule has 0 radical (unpaired) electrons. The van der Waals surface area contributed by atoms with Crippen molar-refractivity contribution in [3.05, 3.63) is 39.2 Å². The van der Waals surface area contributed by atoms with E-state index < -0.39 is 0 Å². The predicted molar refractivity (Wildman–Crippen MR) is 99.2 cm³/mol. The molecule has 0 aromatic carbocycles. The fraction of sp³-hybridized carbons (Fsp3) is 0.353. The summed E-state index contributed by atoms with van der Waals surface area (Å²) in [5, 5.41) is 9.39. The highest BCUT2D eigenvalue weighted by Crippen LogP contribution is 2.37. The molecule has 0 saturated heterocycles.